The highest BCUT2D eigenvalue weighted by Gasteiger charge is 2.33. The Balaban J connectivity index is 1.74. The minimum Gasteiger partial charge on any atom is -0.497 e. The number of amides is 2. The molecule has 1 N–H and O–H groups in total. The van der Waals surface area contributed by atoms with Crippen molar-refractivity contribution in [3.8, 4) is 11.5 Å². The van der Waals surface area contributed by atoms with Crippen LogP contribution in [0.1, 0.15) is 50.1 Å². The predicted molar refractivity (Wildman–Crippen MR) is 114 cm³/mol. The fourth-order valence-corrected chi connectivity index (χ4v) is 3.76. The number of carbonyl (C=O) groups excluding carboxylic acids is 1. The summed E-state index contributed by atoms with van der Waals surface area (Å²) in [5.74, 6) is 2.56. The van der Waals surface area contributed by atoms with Crippen molar-refractivity contribution in [2.45, 2.75) is 38.8 Å². The van der Waals surface area contributed by atoms with Gasteiger partial charge in [-0.1, -0.05) is 13.8 Å². The zero-order chi connectivity index (χ0) is 21.5. The van der Waals surface area contributed by atoms with Crippen LogP contribution in [0.2, 0.25) is 0 Å². The van der Waals surface area contributed by atoms with Gasteiger partial charge in [-0.15, -0.1) is 0 Å². The smallest absolute Gasteiger partial charge is 0.318 e. The fraction of sp³-hybridized carbons (Fsp3) is 0.522. The van der Waals surface area contributed by atoms with Crippen molar-refractivity contribution in [1.82, 2.24) is 10.2 Å². The van der Waals surface area contributed by atoms with Gasteiger partial charge in [0.2, 0.25) is 0 Å². The van der Waals surface area contributed by atoms with E-state index < -0.39 is 0 Å². The number of urea groups is 1. The molecule has 3 rings (SSSR count). The molecule has 1 aliphatic heterocycles. The number of nitrogens with zero attached hydrogens (tertiary/aromatic N) is 1. The van der Waals surface area contributed by atoms with E-state index in [0.29, 0.717) is 31.4 Å². The van der Waals surface area contributed by atoms with Crippen molar-refractivity contribution < 1.29 is 23.4 Å². The second kappa shape index (κ2) is 10.4. The quantitative estimate of drug-likeness (QED) is 0.649. The number of benzene rings is 1. The molecule has 7 nitrogen and oxygen atoms in total. The molecule has 1 aromatic carbocycles. The van der Waals surface area contributed by atoms with E-state index >= 15 is 0 Å². The van der Waals surface area contributed by atoms with Crippen LogP contribution in [0.25, 0.3) is 0 Å². The van der Waals surface area contributed by atoms with Crippen LogP contribution in [-0.4, -0.2) is 44.9 Å². The Kier molecular flexibility index (Phi) is 7.63. The Morgan fingerprint density at radius 1 is 1.23 bits per heavy atom. The second-order valence-electron chi connectivity index (χ2n) is 7.91. The molecular formula is C23H32N2O5. The average Bonchev–Trinajstić information content (AvgIpc) is 3.44. The van der Waals surface area contributed by atoms with Crippen LogP contribution < -0.4 is 14.8 Å². The van der Waals surface area contributed by atoms with E-state index in [4.69, 9.17) is 18.6 Å². The van der Waals surface area contributed by atoms with Gasteiger partial charge in [-0.05, 0) is 43.0 Å². The number of methoxy groups -OCH3 is 2. The number of hydrogen-bond donors (Lipinski definition) is 1. The number of furan rings is 1. The van der Waals surface area contributed by atoms with E-state index in [1.807, 2.05) is 35.2 Å². The summed E-state index contributed by atoms with van der Waals surface area (Å²) >= 11 is 0. The lowest BCUT2D eigenvalue weighted by atomic mass is 10.0. The highest BCUT2D eigenvalue weighted by Crippen LogP contribution is 2.38. The van der Waals surface area contributed by atoms with Crippen molar-refractivity contribution >= 4 is 6.03 Å². The lowest BCUT2D eigenvalue weighted by Crippen LogP contribution is -2.42. The maximum atomic E-state index is 13.2. The molecule has 0 bridgehead atoms. The zero-order valence-corrected chi connectivity index (χ0v) is 18.2. The van der Waals surface area contributed by atoms with Crippen molar-refractivity contribution in [3.63, 3.8) is 0 Å². The number of ether oxygens (including phenoxy) is 3. The summed E-state index contributed by atoms with van der Waals surface area (Å²) in [5, 5.41) is 3.10. The standard InChI is InChI=1S/C23H32N2O5/c1-16(2)14-29-15-19(21-8-6-12-30-21)24-23(26)25-11-5-7-20(25)18-10-9-17(27-3)13-22(18)28-4/h6,8-10,12-13,16,19-20H,5,7,11,14-15H2,1-4H3,(H,24,26). The Morgan fingerprint density at radius 2 is 2.07 bits per heavy atom. The van der Waals surface area contributed by atoms with E-state index in [2.05, 4.69) is 19.2 Å². The van der Waals surface area contributed by atoms with Crippen molar-refractivity contribution in [2.24, 2.45) is 5.92 Å². The Morgan fingerprint density at radius 3 is 2.73 bits per heavy atom. The third-order valence-corrected chi connectivity index (χ3v) is 5.23. The molecule has 2 atom stereocenters. The van der Waals surface area contributed by atoms with E-state index in [1.165, 1.54) is 0 Å². The molecule has 2 unspecified atom stereocenters. The van der Waals surface area contributed by atoms with Crippen molar-refractivity contribution in [1.29, 1.82) is 0 Å². The molecule has 30 heavy (non-hydrogen) atoms. The molecule has 0 spiro atoms. The summed E-state index contributed by atoms with van der Waals surface area (Å²) in [6.07, 6.45) is 3.42. The van der Waals surface area contributed by atoms with Gasteiger partial charge < -0.3 is 28.8 Å². The molecule has 1 aliphatic rings. The second-order valence-corrected chi connectivity index (χ2v) is 7.91. The monoisotopic (exact) mass is 416 g/mol. The van der Waals surface area contributed by atoms with Crippen LogP contribution in [-0.2, 0) is 4.74 Å². The number of rotatable bonds is 9. The first-order valence-electron chi connectivity index (χ1n) is 10.4. The third kappa shape index (κ3) is 5.27. The number of nitrogens with one attached hydrogen (secondary N) is 1. The van der Waals surface area contributed by atoms with Gasteiger partial charge in [0.05, 0.1) is 33.1 Å². The van der Waals surface area contributed by atoms with Gasteiger partial charge in [-0.2, -0.15) is 0 Å². The SMILES string of the molecule is COc1ccc(C2CCCN2C(=O)NC(COCC(C)C)c2ccco2)c(OC)c1. The van der Waals surface area contributed by atoms with Gasteiger partial charge in [0.1, 0.15) is 23.3 Å². The molecule has 7 heteroatoms. The van der Waals surface area contributed by atoms with Crippen molar-refractivity contribution in [3.05, 3.63) is 47.9 Å². The highest BCUT2D eigenvalue weighted by molar-refractivity contribution is 5.75. The summed E-state index contributed by atoms with van der Waals surface area (Å²) in [6, 6.07) is 8.88. The minimum atomic E-state index is -0.342. The van der Waals surface area contributed by atoms with Gasteiger partial charge in [0.15, 0.2) is 0 Å². The molecule has 0 saturated carbocycles. The van der Waals surface area contributed by atoms with Crippen LogP contribution in [0.4, 0.5) is 4.79 Å². The maximum absolute atomic E-state index is 13.2. The van der Waals surface area contributed by atoms with Crippen LogP contribution in [0.15, 0.2) is 41.0 Å². The maximum Gasteiger partial charge on any atom is 0.318 e. The molecule has 1 fully saturated rings. The van der Waals surface area contributed by atoms with Gasteiger partial charge in [-0.3, -0.25) is 0 Å². The molecular weight excluding hydrogens is 384 g/mol. The van der Waals surface area contributed by atoms with Crippen LogP contribution in [0.5, 0.6) is 11.5 Å². The Labute approximate surface area is 178 Å². The molecule has 2 aromatic rings. The van der Waals surface area contributed by atoms with Crippen LogP contribution in [0.3, 0.4) is 0 Å². The van der Waals surface area contributed by atoms with Gasteiger partial charge in [0.25, 0.3) is 0 Å². The lowest BCUT2D eigenvalue weighted by molar-refractivity contribution is 0.0841. The number of hydrogen-bond acceptors (Lipinski definition) is 5. The lowest BCUT2D eigenvalue weighted by Gasteiger charge is -2.28. The summed E-state index contributed by atoms with van der Waals surface area (Å²) < 4.78 is 22.2. The molecule has 164 valence electrons. The zero-order valence-electron chi connectivity index (χ0n) is 18.2. The predicted octanol–water partition coefficient (Wildman–Crippen LogP) is 4.56. The first kappa shape index (κ1) is 22.0. The summed E-state index contributed by atoms with van der Waals surface area (Å²) in [7, 11) is 3.26. The molecule has 0 aliphatic carbocycles. The number of likely N-dealkylation sites (tertiary alicyclic amines) is 1. The number of carbonyl (C=O) groups is 1. The van der Waals surface area contributed by atoms with Gasteiger partial charge in [-0.25, -0.2) is 4.79 Å². The first-order chi connectivity index (χ1) is 14.5. The fourth-order valence-electron chi connectivity index (χ4n) is 3.76. The van der Waals surface area contributed by atoms with Gasteiger partial charge in [0, 0.05) is 24.8 Å². The average molecular weight is 417 g/mol. The summed E-state index contributed by atoms with van der Waals surface area (Å²) in [4.78, 5) is 15.1. The highest BCUT2D eigenvalue weighted by atomic mass is 16.5. The van der Waals surface area contributed by atoms with Crippen LogP contribution in [0, 0.1) is 5.92 Å². The Bertz CT molecular complexity index is 806. The molecule has 2 heterocycles. The summed E-state index contributed by atoms with van der Waals surface area (Å²) in [5.41, 5.74) is 0.983. The van der Waals surface area contributed by atoms with Gasteiger partial charge >= 0.3 is 6.03 Å². The largest absolute Gasteiger partial charge is 0.497 e. The molecule has 1 aromatic heterocycles. The normalized spacial score (nSPS) is 17.2. The van der Waals surface area contributed by atoms with E-state index in [0.717, 1.165) is 29.9 Å². The minimum absolute atomic E-state index is 0.0558. The summed E-state index contributed by atoms with van der Waals surface area (Å²) in [6.45, 7) is 5.86. The van der Waals surface area contributed by atoms with E-state index in [1.54, 1.807) is 20.5 Å². The van der Waals surface area contributed by atoms with Crippen molar-refractivity contribution in [2.75, 3.05) is 34.0 Å². The third-order valence-electron chi connectivity index (χ3n) is 5.23. The van der Waals surface area contributed by atoms with E-state index in [-0.39, 0.29) is 18.1 Å². The topological polar surface area (TPSA) is 73.2 Å². The van der Waals surface area contributed by atoms with Crippen LogP contribution >= 0.6 is 0 Å². The Hall–Kier alpha value is -2.67. The van der Waals surface area contributed by atoms with E-state index in [9.17, 15) is 4.79 Å². The molecule has 0 radical (unpaired) electrons. The molecule has 2 amide bonds. The first-order valence-corrected chi connectivity index (χ1v) is 10.4. The molecule has 1 saturated heterocycles.